The first kappa shape index (κ1) is 21.7. The number of anilines is 2. The van der Waals surface area contributed by atoms with Crippen molar-refractivity contribution in [2.24, 2.45) is 0 Å². The third kappa shape index (κ3) is 5.53. The summed E-state index contributed by atoms with van der Waals surface area (Å²) in [5.41, 5.74) is 0.902. The number of rotatable bonds is 9. The summed E-state index contributed by atoms with van der Waals surface area (Å²) in [7, 11) is 3.19. The molecule has 31 heavy (non-hydrogen) atoms. The molecule has 0 unspecified atom stereocenters. The quantitative estimate of drug-likeness (QED) is 0.488. The lowest BCUT2D eigenvalue weighted by Gasteiger charge is -2.11. The van der Waals surface area contributed by atoms with E-state index in [1.54, 1.807) is 31.3 Å². The van der Waals surface area contributed by atoms with Gasteiger partial charge in [0, 0.05) is 19.8 Å². The maximum Gasteiger partial charge on any atom is 0.271 e. The maximum atomic E-state index is 12.4. The molecule has 2 aromatic carbocycles. The number of benzene rings is 2. The molecule has 0 aliphatic carbocycles. The van der Waals surface area contributed by atoms with E-state index in [0.717, 1.165) is 5.75 Å². The molecule has 0 aliphatic heterocycles. The lowest BCUT2D eigenvalue weighted by Crippen LogP contribution is -2.26. The molecular weight excluding hydrogens is 398 g/mol. The Morgan fingerprint density at radius 3 is 2.16 bits per heavy atom. The number of amides is 2. The van der Waals surface area contributed by atoms with Crippen molar-refractivity contribution in [2.75, 3.05) is 31.3 Å². The predicted octanol–water partition coefficient (Wildman–Crippen LogP) is 3.11. The molecule has 0 atom stereocenters. The Hall–Kier alpha value is -4.01. The van der Waals surface area contributed by atoms with E-state index in [-0.39, 0.29) is 18.4 Å². The largest absolute Gasteiger partial charge is 0.494 e. The first-order valence-corrected chi connectivity index (χ1v) is 9.79. The molecule has 1 aromatic heterocycles. The first-order chi connectivity index (χ1) is 15.0. The molecule has 0 bridgehead atoms. The van der Waals surface area contributed by atoms with Crippen LogP contribution >= 0.6 is 0 Å². The Morgan fingerprint density at radius 1 is 0.968 bits per heavy atom. The van der Waals surface area contributed by atoms with Crippen molar-refractivity contribution in [3.05, 3.63) is 60.6 Å². The van der Waals surface area contributed by atoms with Gasteiger partial charge in [0.2, 0.25) is 5.91 Å². The fraction of sp³-hybridized carbons (Fsp3) is 0.227. The molecule has 0 saturated heterocycles. The van der Waals surface area contributed by atoms with Crippen molar-refractivity contribution in [3.8, 4) is 17.2 Å². The van der Waals surface area contributed by atoms with Crippen molar-refractivity contribution in [2.45, 2.75) is 13.5 Å². The van der Waals surface area contributed by atoms with Crippen LogP contribution in [-0.4, -0.2) is 42.1 Å². The second-order valence-corrected chi connectivity index (χ2v) is 6.48. The molecule has 2 amide bonds. The van der Waals surface area contributed by atoms with Crippen molar-refractivity contribution in [1.82, 2.24) is 14.9 Å². The highest BCUT2D eigenvalue weighted by atomic mass is 16.5. The van der Waals surface area contributed by atoms with Crippen LogP contribution in [0.5, 0.6) is 17.2 Å². The topological polar surface area (TPSA) is 107 Å². The number of carbonyl (C=O) groups excluding carboxylic acids is 2. The Balaban J connectivity index is 1.60. The fourth-order valence-electron chi connectivity index (χ4n) is 2.91. The third-order valence-electron chi connectivity index (χ3n) is 4.34. The second kappa shape index (κ2) is 10.1. The molecule has 0 radical (unpaired) electrons. The van der Waals surface area contributed by atoms with Gasteiger partial charge in [-0.2, -0.15) is 0 Å². The number of nitrogens with one attached hydrogen (secondary N) is 3. The summed E-state index contributed by atoms with van der Waals surface area (Å²) in [6, 6.07) is 14.4. The normalized spacial score (nSPS) is 10.3. The van der Waals surface area contributed by atoms with Gasteiger partial charge in [0.05, 0.1) is 12.9 Å². The molecule has 3 aromatic rings. The van der Waals surface area contributed by atoms with E-state index in [1.807, 2.05) is 31.2 Å². The van der Waals surface area contributed by atoms with E-state index in [4.69, 9.17) is 9.47 Å². The van der Waals surface area contributed by atoms with Crippen molar-refractivity contribution in [3.63, 3.8) is 0 Å². The van der Waals surface area contributed by atoms with E-state index >= 15 is 0 Å². The van der Waals surface area contributed by atoms with Gasteiger partial charge >= 0.3 is 0 Å². The summed E-state index contributed by atoms with van der Waals surface area (Å²) in [5.74, 6) is 1.89. The predicted molar refractivity (Wildman–Crippen MR) is 118 cm³/mol. The van der Waals surface area contributed by atoms with E-state index in [9.17, 15) is 9.59 Å². The van der Waals surface area contributed by atoms with Crippen LogP contribution in [0.15, 0.2) is 54.9 Å². The summed E-state index contributed by atoms with van der Waals surface area (Å²) in [6.45, 7) is 2.49. The van der Waals surface area contributed by atoms with Crippen LogP contribution in [0.1, 0.15) is 17.4 Å². The van der Waals surface area contributed by atoms with Gasteiger partial charge in [-0.3, -0.25) is 9.59 Å². The van der Waals surface area contributed by atoms with Gasteiger partial charge < -0.3 is 30.0 Å². The van der Waals surface area contributed by atoms with Gasteiger partial charge in [0.1, 0.15) is 23.8 Å². The molecule has 0 aliphatic rings. The molecule has 0 spiro atoms. The number of carbonyl (C=O) groups is 2. The van der Waals surface area contributed by atoms with E-state index < -0.39 is 0 Å². The SMILES string of the molecule is CCOc1ccc(Oc2ccc(NC(=O)Cn3cnc(NC)c3C(=O)NC)cc2)cc1. The standard InChI is InChI=1S/C22H25N5O4/c1-4-30-16-9-11-18(12-10-16)31-17-7-5-15(6-8-17)26-19(28)13-27-14-25-21(23-2)20(27)22(29)24-3/h5-12,14,23H,4,13H2,1-3H3,(H,24,29)(H,26,28). The van der Waals surface area contributed by atoms with Crippen LogP contribution in [-0.2, 0) is 11.3 Å². The van der Waals surface area contributed by atoms with Crippen molar-refractivity contribution >= 4 is 23.3 Å². The number of ether oxygens (including phenoxy) is 2. The number of hydrogen-bond acceptors (Lipinski definition) is 6. The average molecular weight is 423 g/mol. The maximum absolute atomic E-state index is 12.4. The second-order valence-electron chi connectivity index (χ2n) is 6.48. The average Bonchev–Trinajstić information content (AvgIpc) is 3.18. The van der Waals surface area contributed by atoms with E-state index in [2.05, 4.69) is 20.9 Å². The van der Waals surface area contributed by atoms with Gasteiger partial charge in [-0.15, -0.1) is 0 Å². The molecule has 1 heterocycles. The minimum absolute atomic E-state index is 0.0537. The highest BCUT2D eigenvalue weighted by molar-refractivity contribution is 5.98. The zero-order valence-electron chi connectivity index (χ0n) is 17.6. The highest BCUT2D eigenvalue weighted by Crippen LogP contribution is 2.25. The smallest absolute Gasteiger partial charge is 0.271 e. The van der Waals surface area contributed by atoms with Crippen LogP contribution in [0.4, 0.5) is 11.5 Å². The molecule has 3 N–H and O–H groups in total. The van der Waals surface area contributed by atoms with Crippen LogP contribution in [0, 0.1) is 0 Å². The summed E-state index contributed by atoms with van der Waals surface area (Å²) < 4.78 is 12.7. The molecule has 0 fully saturated rings. The van der Waals surface area contributed by atoms with Gasteiger partial charge in [0.25, 0.3) is 5.91 Å². The van der Waals surface area contributed by atoms with Crippen LogP contribution in [0.3, 0.4) is 0 Å². The molecule has 0 saturated carbocycles. The minimum Gasteiger partial charge on any atom is -0.494 e. The van der Waals surface area contributed by atoms with E-state index in [0.29, 0.717) is 35.3 Å². The summed E-state index contributed by atoms with van der Waals surface area (Å²) >= 11 is 0. The highest BCUT2D eigenvalue weighted by Gasteiger charge is 2.18. The lowest BCUT2D eigenvalue weighted by atomic mass is 10.3. The monoisotopic (exact) mass is 423 g/mol. The van der Waals surface area contributed by atoms with Gasteiger partial charge in [-0.25, -0.2) is 4.98 Å². The van der Waals surface area contributed by atoms with Gasteiger partial charge in [-0.05, 0) is 55.5 Å². The lowest BCUT2D eigenvalue weighted by molar-refractivity contribution is -0.116. The number of hydrogen-bond donors (Lipinski definition) is 3. The van der Waals surface area contributed by atoms with Crippen LogP contribution < -0.4 is 25.4 Å². The third-order valence-corrected chi connectivity index (χ3v) is 4.34. The van der Waals surface area contributed by atoms with E-state index in [1.165, 1.54) is 17.9 Å². The van der Waals surface area contributed by atoms with Crippen molar-refractivity contribution < 1.29 is 19.1 Å². The molecule has 9 nitrogen and oxygen atoms in total. The van der Waals surface area contributed by atoms with Gasteiger partial charge in [-0.1, -0.05) is 0 Å². The zero-order valence-corrected chi connectivity index (χ0v) is 17.6. The molecule has 9 heteroatoms. The molecular formula is C22H25N5O4. The Bertz CT molecular complexity index is 1030. The van der Waals surface area contributed by atoms with Crippen LogP contribution in [0.25, 0.3) is 0 Å². The summed E-state index contributed by atoms with van der Waals surface area (Å²) in [5, 5.41) is 8.20. The molecule has 162 valence electrons. The van der Waals surface area contributed by atoms with Crippen molar-refractivity contribution in [1.29, 1.82) is 0 Å². The number of imidazole rings is 1. The number of aromatic nitrogens is 2. The molecule has 3 rings (SSSR count). The number of nitrogens with zero attached hydrogens (tertiary/aromatic N) is 2. The zero-order chi connectivity index (χ0) is 22.2. The Kier molecular flexibility index (Phi) is 7.10. The Morgan fingerprint density at radius 2 is 1.58 bits per heavy atom. The summed E-state index contributed by atoms with van der Waals surface area (Å²) in [4.78, 5) is 28.7. The Labute approximate surface area is 180 Å². The van der Waals surface area contributed by atoms with Crippen LogP contribution in [0.2, 0.25) is 0 Å². The minimum atomic E-state index is -0.328. The van der Waals surface area contributed by atoms with Gasteiger partial charge in [0.15, 0.2) is 11.5 Å². The fourth-order valence-corrected chi connectivity index (χ4v) is 2.91. The first-order valence-electron chi connectivity index (χ1n) is 9.79. The summed E-state index contributed by atoms with van der Waals surface area (Å²) in [6.07, 6.45) is 1.45.